The Morgan fingerprint density at radius 3 is 2.57 bits per heavy atom. The van der Waals surface area contributed by atoms with Crippen LogP contribution in [0.25, 0.3) is 0 Å². The highest BCUT2D eigenvalue weighted by molar-refractivity contribution is 7.99. The maximum Gasteiger partial charge on any atom is 0.260 e. The molecule has 3 rings (SSSR count). The summed E-state index contributed by atoms with van der Waals surface area (Å²) < 4.78 is 19.6. The van der Waals surface area contributed by atoms with E-state index in [1.807, 2.05) is 18.2 Å². The van der Waals surface area contributed by atoms with Crippen LogP contribution in [0.1, 0.15) is 10.8 Å². The number of carbonyl (C=O) groups excluding carboxylic acids is 1. The fourth-order valence-electron chi connectivity index (χ4n) is 2.24. The molecular formula is C16H14FNO2S. The van der Waals surface area contributed by atoms with Crippen LogP contribution in [0.4, 0.5) is 10.1 Å². The fourth-order valence-corrected chi connectivity index (χ4v) is 3.45. The van der Waals surface area contributed by atoms with Crippen LogP contribution in [0.5, 0.6) is 5.75 Å². The standard InChI is InChI=1S/C16H14FNO2S/c1-20-11-8-6-10(7-9-11)15-14(17)16(19)18-12-4-2-3-5-13(12)21-15/h2-9,14-15H,1H3,(H,18,19)/t14-,15-/m1/s1. The molecule has 3 nitrogen and oxygen atoms in total. The van der Waals surface area contributed by atoms with Gasteiger partial charge in [-0.2, -0.15) is 0 Å². The van der Waals surface area contributed by atoms with Crippen molar-refractivity contribution in [2.24, 2.45) is 0 Å². The SMILES string of the molecule is COc1ccc([C@H]2Sc3ccccc3NC(=O)[C@@H]2F)cc1. The van der Waals surface area contributed by atoms with Crippen LogP contribution >= 0.6 is 11.8 Å². The van der Waals surface area contributed by atoms with Crippen LogP contribution in [0.15, 0.2) is 53.4 Å². The summed E-state index contributed by atoms with van der Waals surface area (Å²) in [6, 6.07) is 14.5. The first kappa shape index (κ1) is 13.9. The van der Waals surface area contributed by atoms with Gasteiger partial charge in [-0.05, 0) is 29.8 Å². The minimum absolute atomic E-state index is 0.570. The molecule has 2 aromatic rings. The quantitative estimate of drug-likeness (QED) is 0.916. The number of benzene rings is 2. The number of rotatable bonds is 2. The second-order valence-electron chi connectivity index (χ2n) is 4.70. The van der Waals surface area contributed by atoms with E-state index in [-0.39, 0.29) is 0 Å². The van der Waals surface area contributed by atoms with Gasteiger partial charge in [-0.1, -0.05) is 24.3 Å². The molecule has 2 atom stereocenters. The molecule has 0 radical (unpaired) electrons. The summed E-state index contributed by atoms with van der Waals surface area (Å²) >= 11 is 1.36. The van der Waals surface area contributed by atoms with Gasteiger partial charge in [0.25, 0.3) is 5.91 Å². The molecule has 108 valence electrons. The molecule has 0 aliphatic carbocycles. The Morgan fingerprint density at radius 2 is 1.86 bits per heavy atom. The predicted octanol–water partition coefficient (Wildman–Crippen LogP) is 3.82. The zero-order valence-electron chi connectivity index (χ0n) is 11.4. The van der Waals surface area contributed by atoms with Gasteiger partial charge >= 0.3 is 0 Å². The highest BCUT2D eigenvalue weighted by Crippen LogP contribution is 2.44. The number of carbonyl (C=O) groups is 1. The van der Waals surface area contributed by atoms with Gasteiger partial charge in [-0.3, -0.25) is 4.79 Å². The lowest BCUT2D eigenvalue weighted by Crippen LogP contribution is -2.26. The van der Waals surface area contributed by atoms with Crippen LogP contribution < -0.4 is 10.1 Å². The van der Waals surface area contributed by atoms with E-state index in [0.29, 0.717) is 11.4 Å². The number of para-hydroxylation sites is 1. The van der Waals surface area contributed by atoms with Crippen molar-refractivity contribution in [3.63, 3.8) is 0 Å². The van der Waals surface area contributed by atoms with Crippen molar-refractivity contribution in [2.45, 2.75) is 16.3 Å². The Bertz CT molecular complexity index is 660. The van der Waals surface area contributed by atoms with Crippen molar-refractivity contribution in [1.82, 2.24) is 0 Å². The summed E-state index contributed by atoms with van der Waals surface area (Å²) in [5.74, 6) is 0.103. The second kappa shape index (κ2) is 5.77. The third-order valence-corrected chi connectivity index (χ3v) is 4.73. The summed E-state index contributed by atoms with van der Waals surface area (Å²) in [5.41, 5.74) is 1.42. The van der Waals surface area contributed by atoms with Crippen LogP contribution in [0.3, 0.4) is 0 Å². The number of ether oxygens (including phenoxy) is 1. The molecule has 1 N–H and O–H groups in total. The number of amides is 1. The third kappa shape index (κ3) is 2.74. The van der Waals surface area contributed by atoms with Crippen molar-refractivity contribution in [1.29, 1.82) is 0 Å². The Kier molecular flexibility index (Phi) is 3.84. The van der Waals surface area contributed by atoms with Crippen LogP contribution in [0, 0.1) is 0 Å². The summed E-state index contributed by atoms with van der Waals surface area (Å²) in [4.78, 5) is 12.8. The number of alkyl halides is 1. The van der Waals surface area contributed by atoms with Gasteiger partial charge in [0.1, 0.15) is 5.75 Å². The monoisotopic (exact) mass is 303 g/mol. The molecule has 1 aliphatic rings. The first-order chi connectivity index (χ1) is 10.2. The van der Waals surface area contributed by atoms with E-state index in [1.165, 1.54) is 11.8 Å². The number of fused-ring (bicyclic) bond motifs is 1. The van der Waals surface area contributed by atoms with Crippen LogP contribution in [-0.4, -0.2) is 19.2 Å². The van der Waals surface area contributed by atoms with E-state index < -0.39 is 17.3 Å². The van der Waals surface area contributed by atoms with Gasteiger partial charge in [0.15, 0.2) is 6.17 Å². The average Bonchev–Trinajstić information content (AvgIpc) is 2.65. The van der Waals surface area contributed by atoms with Crippen molar-refractivity contribution >= 4 is 23.4 Å². The first-order valence-corrected chi connectivity index (χ1v) is 7.41. The van der Waals surface area contributed by atoms with Gasteiger partial charge < -0.3 is 10.1 Å². The lowest BCUT2D eigenvalue weighted by molar-refractivity contribution is -0.120. The summed E-state index contributed by atoms with van der Waals surface area (Å²) in [7, 11) is 1.58. The van der Waals surface area contributed by atoms with Crippen LogP contribution in [-0.2, 0) is 4.79 Å². The molecule has 1 amide bonds. The molecule has 0 unspecified atom stereocenters. The molecule has 1 heterocycles. The van der Waals surface area contributed by atoms with Gasteiger partial charge in [0, 0.05) is 4.90 Å². The molecule has 21 heavy (non-hydrogen) atoms. The molecule has 5 heteroatoms. The molecule has 2 aromatic carbocycles. The van der Waals surface area contributed by atoms with E-state index in [4.69, 9.17) is 4.74 Å². The molecule has 0 fully saturated rings. The molecule has 0 saturated heterocycles. The second-order valence-corrected chi connectivity index (χ2v) is 5.88. The van der Waals surface area contributed by atoms with Gasteiger partial charge in [0.2, 0.25) is 0 Å². The molecule has 1 aliphatic heterocycles. The first-order valence-electron chi connectivity index (χ1n) is 6.53. The lowest BCUT2D eigenvalue weighted by Gasteiger charge is -2.17. The maximum absolute atomic E-state index is 14.5. The number of nitrogens with one attached hydrogen (secondary N) is 1. The summed E-state index contributed by atoms with van der Waals surface area (Å²) in [6.07, 6.45) is -1.60. The van der Waals surface area contributed by atoms with E-state index in [9.17, 15) is 9.18 Å². The van der Waals surface area contributed by atoms with Crippen molar-refractivity contribution in [3.8, 4) is 5.75 Å². The minimum Gasteiger partial charge on any atom is -0.497 e. The Balaban J connectivity index is 1.98. The van der Waals surface area contributed by atoms with Crippen molar-refractivity contribution in [2.75, 3.05) is 12.4 Å². The number of anilines is 1. The minimum atomic E-state index is -1.60. The van der Waals surface area contributed by atoms with E-state index in [0.717, 1.165) is 10.5 Å². The van der Waals surface area contributed by atoms with Crippen molar-refractivity contribution in [3.05, 3.63) is 54.1 Å². The molecule has 0 aromatic heterocycles. The lowest BCUT2D eigenvalue weighted by atomic mass is 10.1. The molecule has 0 spiro atoms. The topological polar surface area (TPSA) is 38.3 Å². The van der Waals surface area contributed by atoms with Crippen molar-refractivity contribution < 1.29 is 13.9 Å². The maximum atomic E-state index is 14.5. The summed E-state index contributed by atoms with van der Waals surface area (Å²) in [6.45, 7) is 0. The number of hydrogen-bond acceptors (Lipinski definition) is 3. The van der Waals surface area contributed by atoms with E-state index in [1.54, 1.807) is 37.4 Å². The number of methoxy groups -OCH3 is 1. The molecular weight excluding hydrogens is 289 g/mol. The largest absolute Gasteiger partial charge is 0.497 e. The van der Waals surface area contributed by atoms with E-state index >= 15 is 0 Å². The summed E-state index contributed by atoms with van der Waals surface area (Å²) in [5, 5.41) is 2.07. The fraction of sp³-hybridized carbons (Fsp3) is 0.188. The van der Waals surface area contributed by atoms with Gasteiger partial charge in [-0.25, -0.2) is 4.39 Å². The zero-order valence-corrected chi connectivity index (χ0v) is 12.2. The van der Waals surface area contributed by atoms with E-state index in [2.05, 4.69) is 5.32 Å². The molecule has 0 saturated carbocycles. The molecule has 0 bridgehead atoms. The van der Waals surface area contributed by atoms with Gasteiger partial charge in [-0.15, -0.1) is 11.8 Å². The smallest absolute Gasteiger partial charge is 0.260 e. The predicted molar refractivity (Wildman–Crippen MR) is 81.6 cm³/mol. The van der Waals surface area contributed by atoms with Gasteiger partial charge in [0.05, 0.1) is 18.0 Å². The number of thioether (sulfide) groups is 1. The Labute approximate surface area is 126 Å². The number of hydrogen-bond donors (Lipinski definition) is 1. The highest BCUT2D eigenvalue weighted by atomic mass is 32.2. The third-order valence-electron chi connectivity index (χ3n) is 3.36. The zero-order chi connectivity index (χ0) is 14.8. The normalized spacial score (nSPS) is 21.1. The number of halogens is 1. The average molecular weight is 303 g/mol. The Hall–Kier alpha value is -2.01. The van der Waals surface area contributed by atoms with Crippen LogP contribution in [0.2, 0.25) is 0 Å². The highest BCUT2D eigenvalue weighted by Gasteiger charge is 2.34. The Morgan fingerprint density at radius 1 is 1.14 bits per heavy atom.